The van der Waals surface area contributed by atoms with Crippen LogP contribution in [0.15, 0.2) is 30.3 Å². The average molecular weight is 282 g/mol. The smallest absolute Gasteiger partial charge is 0.223 e. The summed E-state index contributed by atoms with van der Waals surface area (Å²) in [5, 5.41) is 12.4. The molecule has 1 aromatic carbocycles. The lowest BCUT2D eigenvalue weighted by atomic mass is 10.2. The maximum Gasteiger partial charge on any atom is 0.223 e. The van der Waals surface area contributed by atoms with Gasteiger partial charge in [0.25, 0.3) is 0 Å². The summed E-state index contributed by atoms with van der Waals surface area (Å²) >= 11 is 0. The highest BCUT2D eigenvalue weighted by Gasteiger charge is 2.12. The van der Waals surface area contributed by atoms with Crippen LogP contribution in [0.5, 0.6) is 0 Å². The van der Waals surface area contributed by atoms with Gasteiger partial charge in [0.05, 0.1) is 11.3 Å². The molecule has 2 rings (SSSR count). The second kappa shape index (κ2) is 6.57. The van der Waals surface area contributed by atoms with Crippen molar-refractivity contribution in [3.63, 3.8) is 0 Å². The van der Waals surface area contributed by atoms with E-state index in [-0.39, 0.29) is 5.95 Å². The molecule has 3 N–H and O–H groups in total. The Hall–Kier alpha value is -2.81. The summed E-state index contributed by atoms with van der Waals surface area (Å²) in [5.74, 6) is 1.52. The second-order valence-electron chi connectivity index (χ2n) is 4.58. The molecule has 0 atom stereocenters. The Morgan fingerprint density at radius 3 is 2.81 bits per heavy atom. The first-order valence-corrected chi connectivity index (χ1v) is 6.77. The van der Waals surface area contributed by atoms with Crippen LogP contribution in [0.25, 0.3) is 0 Å². The molecule has 108 valence electrons. The van der Waals surface area contributed by atoms with Crippen LogP contribution in [-0.2, 0) is 0 Å². The third-order valence-electron chi connectivity index (χ3n) is 3.02. The Morgan fingerprint density at radius 2 is 2.10 bits per heavy atom. The molecule has 0 saturated heterocycles. The first kappa shape index (κ1) is 14.6. The molecule has 0 spiro atoms. The highest BCUT2D eigenvalue weighted by molar-refractivity contribution is 5.68. The largest absolute Gasteiger partial charge is 0.370 e. The Balaban J connectivity index is 2.36. The van der Waals surface area contributed by atoms with E-state index in [9.17, 15) is 5.26 Å². The van der Waals surface area contributed by atoms with Gasteiger partial charge in [0, 0.05) is 19.7 Å². The minimum absolute atomic E-state index is 0.201. The van der Waals surface area contributed by atoms with Gasteiger partial charge in [0.2, 0.25) is 5.95 Å². The molecule has 6 heteroatoms. The number of nitriles is 1. The number of anilines is 4. The minimum Gasteiger partial charge on any atom is -0.370 e. The molecule has 0 bridgehead atoms. The molecule has 0 amide bonds. The van der Waals surface area contributed by atoms with Gasteiger partial charge in [-0.3, -0.25) is 0 Å². The zero-order valence-electron chi connectivity index (χ0n) is 12.2. The molecule has 6 nitrogen and oxygen atoms in total. The normalized spacial score (nSPS) is 9.95. The second-order valence-corrected chi connectivity index (χ2v) is 4.58. The fourth-order valence-corrected chi connectivity index (χ4v) is 1.95. The summed E-state index contributed by atoms with van der Waals surface area (Å²) in [6, 6.07) is 11.4. The summed E-state index contributed by atoms with van der Waals surface area (Å²) in [7, 11) is 1.85. The Bertz CT molecular complexity index is 661. The molecule has 0 unspecified atom stereocenters. The first-order valence-electron chi connectivity index (χ1n) is 6.77. The molecule has 1 heterocycles. The highest BCUT2D eigenvalue weighted by Crippen LogP contribution is 2.26. The predicted octanol–water partition coefficient (Wildman–Crippen LogP) is 2.52. The van der Waals surface area contributed by atoms with Crippen molar-refractivity contribution in [2.45, 2.75) is 13.3 Å². The van der Waals surface area contributed by atoms with Crippen molar-refractivity contribution in [3.8, 4) is 6.07 Å². The van der Waals surface area contributed by atoms with Crippen molar-refractivity contribution in [2.24, 2.45) is 0 Å². The zero-order chi connectivity index (χ0) is 15.2. The van der Waals surface area contributed by atoms with Crippen LogP contribution in [-0.4, -0.2) is 23.6 Å². The van der Waals surface area contributed by atoms with Crippen LogP contribution in [0.2, 0.25) is 0 Å². The van der Waals surface area contributed by atoms with Crippen LogP contribution >= 0.6 is 0 Å². The number of para-hydroxylation sites is 1. The van der Waals surface area contributed by atoms with Crippen molar-refractivity contribution >= 4 is 23.3 Å². The fourth-order valence-electron chi connectivity index (χ4n) is 1.95. The van der Waals surface area contributed by atoms with E-state index in [0.717, 1.165) is 18.7 Å². The van der Waals surface area contributed by atoms with Gasteiger partial charge in [0.1, 0.15) is 17.7 Å². The lowest BCUT2D eigenvalue weighted by Gasteiger charge is -2.20. The maximum atomic E-state index is 9.19. The van der Waals surface area contributed by atoms with Crippen molar-refractivity contribution in [3.05, 3.63) is 35.9 Å². The number of nitrogens with zero attached hydrogens (tertiary/aromatic N) is 4. The van der Waals surface area contributed by atoms with Gasteiger partial charge in [-0.25, -0.2) is 0 Å². The van der Waals surface area contributed by atoms with E-state index in [4.69, 9.17) is 5.73 Å². The molecule has 0 aliphatic carbocycles. The third kappa shape index (κ3) is 3.39. The fraction of sp³-hybridized carbons (Fsp3) is 0.267. The number of rotatable bonds is 5. The van der Waals surface area contributed by atoms with Crippen LogP contribution in [0.1, 0.15) is 18.9 Å². The number of nitrogens with one attached hydrogen (secondary N) is 1. The monoisotopic (exact) mass is 282 g/mol. The number of aromatic nitrogens is 2. The topological polar surface area (TPSA) is 90.9 Å². The lowest BCUT2D eigenvalue weighted by Crippen LogP contribution is -2.15. The summed E-state index contributed by atoms with van der Waals surface area (Å²) in [6.07, 6.45) is 0.992. The Kier molecular flexibility index (Phi) is 4.57. The van der Waals surface area contributed by atoms with E-state index in [1.807, 2.05) is 36.2 Å². The number of hydrogen-bond acceptors (Lipinski definition) is 6. The van der Waals surface area contributed by atoms with E-state index < -0.39 is 0 Å². The van der Waals surface area contributed by atoms with Crippen molar-refractivity contribution in [1.82, 2.24) is 9.97 Å². The van der Waals surface area contributed by atoms with Crippen LogP contribution in [0.3, 0.4) is 0 Å². The van der Waals surface area contributed by atoms with Gasteiger partial charge in [0.15, 0.2) is 0 Å². The van der Waals surface area contributed by atoms with E-state index >= 15 is 0 Å². The predicted molar refractivity (Wildman–Crippen MR) is 84.4 cm³/mol. The number of nitrogen functional groups attached to an aromatic ring is 1. The molecule has 0 aliphatic rings. The number of nitrogens with two attached hydrogens (primary N) is 1. The lowest BCUT2D eigenvalue weighted by molar-refractivity contribution is 0.964. The molecule has 1 aromatic heterocycles. The molecular weight excluding hydrogens is 264 g/mol. The Labute approximate surface area is 124 Å². The molecule has 0 saturated carbocycles. The first-order chi connectivity index (χ1) is 10.2. The van der Waals surface area contributed by atoms with E-state index in [1.165, 1.54) is 0 Å². The van der Waals surface area contributed by atoms with Gasteiger partial charge in [-0.2, -0.15) is 15.2 Å². The summed E-state index contributed by atoms with van der Waals surface area (Å²) in [6.45, 7) is 2.89. The number of hydrogen-bond donors (Lipinski definition) is 2. The van der Waals surface area contributed by atoms with Gasteiger partial charge < -0.3 is 16.0 Å². The molecule has 21 heavy (non-hydrogen) atoms. The quantitative estimate of drug-likeness (QED) is 0.875. The maximum absolute atomic E-state index is 9.19. The molecule has 0 fully saturated rings. The van der Waals surface area contributed by atoms with Gasteiger partial charge in [-0.05, 0) is 18.6 Å². The molecule has 0 aliphatic heterocycles. The van der Waals surface area contributed by atoms with Crippen LogP contribution < -0.4 is 16.0 Å². The van der Waals surface area contributed by atoms with Crippen molar-refractivity contribution in [2.75, 3.05) is 29.5 Å². The summed E-state index contributed by atoms with van der Waals surface area (Å²) < 4.78 is 0. The van der Waals surface area contributed by atoms with E-state index in [1.54, 1.807) is 6.07 Å². The summed E-state index contributed by atoms with van der Waals surface area (Å²) in [4.78, 5) is 10.2. The number of benzene rings is 1. The van der Waals surface area contributed by atoms with Crippen LogP contribution in [0, 0.1) is 11.3 Å². The third-order valence-corrected chi connectivity index (χ3v) is 3.02. The van der Waals surface area contributed by atoms with Crippen LogP contribution in [0.4, 0.5) is 23.3 Å². The van der Waals surface area contributed by atoms with Crippen molar-refractivity contribution < 1.29 is 0 Å². The Morgan fingerprint density at radius 1 is 1.33 bits per heavy atom. The minimum atomic E-state index is 0.201. The van der Waals surface area contributed by atoms with E-state index in [0.29, 0.717) is 17.2 Å². The standard InChI is InChI=1S/C15H18N6/c1-3-8-18-13-9-14(20-15(17)19-13)21(2)12-7-5-4-6-11(12)10-16/h4-7,9H,3,8H2,1-2H3,(H3,17,18,19,20). The van der Waals surface area contributed by atoms with Gasteiger partial charge in [-0.1, -0.05) is 19.1 Å². The van der Waals surface area contributed by atoms with E-state index in [2.05, 4.69) is 28.3 Å². The zero-order valence-corrected chi connectivity index (χ0v) is 12.2. The van der Waals surface area contributed by atoms with Crippen molar-refractivity contribution in [1.29, 1.82) is 5.26 Å². The molecular formula is C15H18N6. The summed E-state index contributed by atoms with van der Waals surface area (Å²) in [5.41, 5.74) is 7.12. The average Bonchev–Trinajstić information content (AvgIpc) is 2.51. The molecule has 2 aromatic rings. The van der Waals surface area contributed by atoms with Gasteiger partial charge in [-0.15, -0.1) is 0 Å². The highest BCUT2D eigenvalue weighted by atomic mass is 15.2. The van der Waals surface area contributed by atoms with Gasteiger partial charge >= 0.3 is 0 Å². The molecule has 0 radical (unpaired) electrons. The SMILES string of the molecule is CCCNc1cc(N(C)c2ccccc2C#N)nc(N)n1.